The van der Waals surface area contributed by atoms with E-state index in [0.717, 1.165) is 11.3 Å². The lowest BCUT2D eigenvalue weighted by molar-refractivity contribution is 1.18. The Hall–Kier alpha value is -6.44. The SMILES string of the molecule is C/C=C\C.C=Cc1ccc2c(c1/C=C\C)c1c3ccccc3ccc1n2-c1cccc(-c2c3ccccc3c(-c3ccccc3)c3ccccc23)c1. The van der Waals surface area contributed by atoms with Crippen LogP contribution in [0.4, 0.5) is 0 Å². The molecule has 52 heavy (non-hydrogen) atoms. The third-order valence-corrected chi connectivity index (χ3v) is 10.2. The van der Waals surface area contributed by atoms with E-state index in [-0.39, 0.29) is 0 Å². The summed E-state index contributed by atoms with van der Waals surface area (Å²) in [6.45, 7) is 10.3. The number of aromatic nitrogens is 1. The van der Waals surface area contributed by atoms with Gasteiger partial charge in [-0.2, -0.15) is 0 Å². The summed E-state index contributed by atoms with van der Waals surface area (Å²) in [5, 5.41) is 10.1. The minimum Gasteiger partial charge on any atom is -0.309 e. The van der Waals surface area contributed by atoms with Gasteiger partial charge in [0.05, 0.1) is 11.0 Å². The number of fused-ring (bicyclic) bond motifs is 7. The molecule has 0 bridgehead atoms. The molecular weight excluding hydrogens is 627 g/mol. The number of hydrogen-bond donors (Lipinski definition) is 0. The van der Waals surface area contributed by atoms with Crippen molar-refractivity contribution < 1.29 is 0 Å². The summed E-state index contributed by atoms with van der Waals surface area (Å²) in [6.07, 6.45) is 10.3. The second kappa shape index (κ2) is 14.1. The minimum absolute atomic E-state index is 1.14. The molecule has 9 aromatic rings. The molecule has 8 aromatic carbocycles. The Bertz CT molecular complexity index is 2770. The van der Waals surface area contributed by atoms with Gasteiger partial charge in [0.2, 0.25) is 0 Å². The third kappa shape index (κ3) is 5.43. The van der Waals surface area contributed by atoms with Crippen molar-refractivity contribution in [2.45, 2.75) is 20.8 Å². The Labute approximate surface area is 306 Å². The Morgan fingerprint density at radius 1 is 0.462 bits per heavy atom. The molecule has 0 aliphatic carbocycles. The molecule has 250 valence electrons. The zero-order valence-electron chi connectivity index (χ0n) is 30.0. The first-order chi connectivity index (χ1) is 25.7. The monoisotopic (exact) mass is 667 g/mol. The van der Waals surface area contributed by atoms with Crippen LogP contribution in [0.15, 0.2) is 176 Å². The van der Waals surface area contributed by atoms with Gasteiger partial charge in [-0.3, -0.25) is 0 Å². The van der Waals surface area contributed by atoms with E-state index in [1.54, 1.807) is 0 Å². The molecule has 0 saturated carbocycles. The smallest absolute Gasteiger partial charge is 0.0547 e. The van der Waals surface area contributed by atoms with Gasteiger partial charge in [-0.25, -0.2) is 0 Å². The van der Waals surface area contributed by atoms with E-state index >= 15 is 0 Å². The highest BCUT2D eigenvalue weighted by Gasteiger charge is 2.20. The Kier molecular flexibility index (Phi) is 8.85. The highest BCUT2D eigenvalue weighted by molar-refractivity contribution is 6.24. The van der Waals surface area contributed by atoms with Crippen LogP contribution in [0.5, 0.6) is 0 Å². The molecule has 0 spiro atoms. The molecule has 0 N–H and O–H groups in total. The number of hydrogen-bond acceptors (Lipinski definition) is 0. The molecule has 0 amide bonds. The maximum absolute atomic E-state index is 4.17. The van der Waals surface area contributed by atoms with Crippen LogP contribution >= 0.6 is 0 Å². The Morgan fingerprint density at radius 2 is 1.00 bits per heavy atom. The van der Waals surface area contributed by atoms with Crippen LogP contribution in [0.3, 0.4) is 0 Å². The number of allylic oxidation sites excluding steroid dienone is 3. The van der Waals surface area contributed by atoms with Crippen LogP contribution in [-0.2, 0) is 0 Å². The van der Waals surface area contributed by atoms with Gasteiger partial charge in [-0.1, -0.05) is 164 Å². The van der Waals surface area contributed by atoms with Gasteiger partial charge in [0.15, 0.2) is 0 Å². The fourth-order valence-corrected chi connectivity index (χ4v) is 7.87. The number of nitrogens with zero attached hydrogens (tertiary/aromatic N) is 1. The fraction of sp³-hybridized carbons (Fsp3) is 0.0588. The highest BCUT2D eigenvalue weighted by atomic mass is 15.0. The average molecular weight is 668 g/mol. The number of benzene rings is 8. The van der Waals surface area contributed by atoms with Crippen molar-refractivity contribution >= 4 is 66.3 Å². The lowest BCUT2D eigenvalue weighted by Gasteiger charge is -2.18. The summed E-state index contributed by atoms with van der Waals surface area (Å²) in [7, 11) is 0. The van der Waals surface area contributed by atoms with Crippen molar-refractivity contribution in [3.05, 3.63) is 188 Å². The van der Waals surface area contributed by atoms with Crippen molar-refractivity contribution in [1.29, 1.82) is 0 Å². The van der Waals surface area contributed by atoms with E-state index in [1.807, 2.05) is 32.1 Å². The normalized spacial score (nSPS) is 11.7. The van der Waals surface area contributed by atoms with Crippen molar-refractivity contribution in [3.63, 3.8) is 0 Å². The van der Waals surface area contributed by atoms with Gasteiger partial charge in [-0.05, 0) is 111 Å². The van der Waals surface area contributed by atoms with Crippen LogP contribution in [0.2, 0.25) is 0 Å². The van der Waals surface area contributed by atoms with Gasteiger partial charge in [0.1, 0.15) is 0 Å². The molecule has 0 unspecified atom stereocenters. The van der Waals surface area contributed by atoms with Gasteiger partial charge in [0.25, 0.3) is 0 Å². The van der Waals surface area contributed by atoms with Crippen LogP contribution in [0.1, 0.15) is 31.9 Å². The maximum Gasteiger partial charge on any atom is 0.0547 e. The lowest BCUT2D eigenvalue weighted by atomic mass is 9.86. The summed E-state index contributed by atoms with van der Waals surface area (Å²) in [5.74, 6) is 0. The molecular formula is C51H41N. The third-order valence-electron chi connectivity index (χ3n) is 10.2. The summed E-state index contributed by atoms with van der Waals surface area (Å²) in [5.41, 5.74) is 10.8. The predicted molar refractivity (Wildman–Crippen MR) is 229 cm³/mol. The van der Waals surface area contributed by atoms with Crippen LogP contribution in [-0.4, -0.2) is 4.57 Å². The fourth-order valence-electron chi connectivity index (χ4n) is 7.87. The second-order valence-corrected chi connectivity index (χ2v) is 13.1. The van der Waals surface area contributed by atoms with E-state index in [9.17, 15) is 0 Å². The molecule has 0 aliphatic rings. The van der Waals surface area contributed by atoms with E-state index in [0.29, 0.717) is 0 Å². The van der Waals surface area contributed by atoms with E-state index in [4.69, 9.17) is 0 Å². The molecule has 9 rings (SSSR count). The van der Waals surface area contributed by atoms with Crippen molar-refractivity contribution in [1.82, 2.24) is 4.57 Å². The topological polar surface area (TPSA) is 4.93 Å². The molecule has 1 heterocycles. The Morgan fingerprint density at radius 3 is 1.62 bits per heavy atom. The molecule has 0 atom stereocenters. The quantitative estimate of drug-likeness (QED) is 0.127. The first-order valence-corrected chi connectivity index (χ1v) is 18.1. The summed E-state index contributed by atoms with van der Waals surface area (Å²) >= 11 is 0. The predicted octanol–water partition coefficient (Wildman–Crippen LogP) is 14.8. The second-order valence-electron chi connectivity index (χ2n) is 13.1. The summed E-state index contributed by atoms with van der Waals surface area (Å²) in [6, 6.07) is 55.4. The number of rotatable bonds is 5. The first-order valence-electron chi connectivity index (χ1n) is 18.1. The van der Waals surface area contributed by atoms with Gasteiger partial charge >= 0.3 is 0 Å². The van der Waals surface area contributed by atoms with E-state index in [1.165, 1.54) is 81.9 Å². The zero-order chi connectivity index (χ0) is 35.6. The van der Waals surface area contributed by atoms with Gasteiger partial charge in [0, 0.05) is 16.5 Å². The molecule has 0 aliphatic heterocycles. The standard InChI is InChI=1S/C47H33N.C4H8/c1-3-15-36-31(4-2)26-28-42-46(36)47-37-21-9-8-16-32(37)27-29-43(47)48(42)35-20-14-19-34(30-35)45-40-24-12-10-22-38(40)44(33-17-6-5-7-18-33)39-23-11-13-25-41(39)45;1-3-4-2/h3-30H,2H2,1H3;3-4H,1-2H3/b15-3-;4-3-. The molecule has 1 heteroatoms. The van der Waals surface area contributed by atoms with Crippen molar-refractivity contribution in [2.24, 2.45) is 0 Å². The molecule has 1 nitrogen and oxygen atoms in total. The largest absolute Gasteiger partial charge is 0.309 e. The first kappa shape index (κ1) is 32.7. The van der Waals surface area contributed by atoms with E-state index in [2.05, 4.69) is 182 Å². The van der Waals surface area contributed by atoms with Gasteiger partial charge in [-0.15, -0.1) is 0 Å². The zero-order valence-corrected chi connectivity index (χ0v) is 30.0. The average Bonchev–Trinajstić information content (AvgIpc) is 3.56. The van der Waals surface area contributed by atoms with Crippen LogP contribution < -0.4 is 0 Å². The van der Waals surface area contributed by atoms with Gasteiger partial charge < -0.3 is 4.57 Å². The molecule has 0 saturated heterocycles. The van der Waals surface area contributed by atoms with Crippen molar-refractivity contribution in [2.75, 3.05) is 0 Å². The lowest BCUT2D eigenvalue weighted by Crippen LogP contribution is -1.96. The van der Waals surface area contributed by atoms with Crippen LogP contribution in [0, 0.1) is 0 Å². The maximum atomic E-state index is 4.17. The van der Waals surface area contributed by atoms with Crippen LogP contribution in [0.25, 0.3) is 94.2 Å². The Balaban J connectivity index is 0.000000922. The summed E-state index contributed by atoms with van der Waals surface area (Å²) in [4.78, 5) is 0. The summed E-state index contributed by atoms with van der Waals surface area (Å²) < 4.78 is 2.45. The minimum atomic E-state index is 1.14. The van der Waals surface area contributed by atoms with E-state index < -0.39 is 0 Å². The highest BCUT2D eigenvalue weighted by Crippen LogP contribution is 2.45. The molecule has 0 radical (unpaired) electrons. The molecule has 1 aromatic heterocycles. The molecule has 0 fully saturated rings. The van der Waals surface area contributed by atoms with Crippen molar-refractivity contribution in [3.8, 4) is 27.9 Å².